The summed E-state index contributed by atoms with van der Waals surface area (Å²) in [6.07, 6.45) is 4.54. The number of carbonyl (C=O) groups excluding carboxylic acids is 2. The third-order valence-corrected chi connectivity index (χ3v) is 4.68. The summed E-state index contributed by atoms with van der Waals surface area (Å²) in [4.78, 5) is 26.5. The summed E-state index contributed by atoms with van der Waals surface area (Å²) in [6, 6.07) is 7.79. The van der Waals surface area contributed by atoms with E-state index in [4.69, 9.17) is 4.74 Å². The lowest BCUT2D eigenvalue weighted by Crippen LogP contribution is -2.44. The lowest BCUT2D eigenvalue weighted by molar-refractivity contribution is -0.151. The minimum absolute atomic E-state index is 0.0926. The molecule has 1 fully saturated rings. The van der Waals surface area contributed by atoms with Gasteiger partial charge in [0.15, 0.2) is 0 Å². The fourth-order valence-corrected chi connectivity index (χ4v) is 3.62. The first-order valence-electron chi connectivity index (χ1n) is 7.68. The van der Waals surface area contributed by atoms with Crippen LogP contribution in [0.1, 0.15) is 42.7 Å². The smallest absolute Gasteiger partial charge is 0.328 e. The van der Waals surface area contributed by atoms with Crippen LogP contribution in [0.25, 0.3) is 0 Å². The van der Waals surface area contributed by atoms with Crippen molar-refractivity contribution in [3.63, 3.8) is 0 Å². The summed E-state index contributed by atoms with van der Waals surface area (Å²) in [5, 5.41) is 0. The average molecular weight is 287 g/mol. The monoisotopic (exact) mass is 287 g/mol. The van der Waals surface area contributed by atoms with Crippen LogP contribution in [0.5, 0.6) is 0 Å². The molecule has 0 bridgehead atoms. The summed E-state index contributed by atoms with van der Waals surface area (Å²) >= 11 is 0. The molecule has 4 heteroatoms. The van der Waals surface area contributed by atoms with E-state index in [9.17, 15) is 9.59 Å². The molecule has 1 amide bonds. The van der Waals surface area contributed by atoms with E-state index in [2.05, 4.69) is 12.1 Å². The number of hydrogen-bond donors (Lipinski definition) is 0. The highest BCUT2D eigenvalue weighted by atomic mass is 16.5. The molecule has 21 heavy (non-hydrogen) atoms. The van der Waals surface area contributed by atoms with E-state index in [-0.39, 0.29) is 17.8 Å². The first-order valence-corrected chi connectivity index (χ1v) is 7.68. The number of fused-ring (bicyclic) bond motifs is 1. The number of methoxy groups -OCH3 is 1. The number of esters is 1. The standard InChI is InChI=1S/C17H21NO3/c1-21-17(20)15-10-5-11-18(15)16(19)14-9-4-7-12-6-2-3-8-13(12)14/h2-3,6,8,14-15H,4-5,7,9-11H2,1H3. The predicted molar refractivity (Wildman–Crippen MR) is 78.9 cm³/mol. The lowest BCUT2D eigenvalue weighted by Gasteiger charge is -2.31. The fraction of sp³-hybridized carbons (Fsp3) is 0.529. The van der Waals surface area contributed by atoms with E-state index in [0.29, 0.717) is 13.0 Å². The van der Waals surface area contributed by atoms with Gasteiger partial charge in [0.2, 0.25) is 5.91 Å². The van der Waals surface area contributed by atoms with Gasteiger partial charge in [-0.25, -0.2) is 4.79 Å². The molecule has 1 aliphatic carbocycles. The topological polar surface area (TPSA) is 46.6 Å². The fourth-order valence-electron chi connectivity index (χ4n) is 3.62. The number of rotatable bonds is 2. The molecule has 1 aliphatic heterocycles. The molecular weight excluding hydrogens is 266 g/mol. The molecule has 2 aliphatic rings. The summed E-state index contributed by atoms with van der Waals surface area (Å²) in [5.41, 5.74) is 2.42. The number of likely N-dealkylation sites (tertiary alicyclic amines) is 1. The first kappa shape index (κ1) is 14.1. The maximum Gasteiger partial charge on any atom is 0.328 e. The Morgan fingerprint density at radius 3 is 2.81 bits per heavy atom. The van der Waals surface area contributed by atoms with Gasteiger partial charge in [-0.2, -0.15) is 0 Å². The Hall–Kier alpha value is -1.84. The highest BCUT2D eigenvalue weighted by Crippen LogP contribution is 2.34. The van der Waals surface area contributed by atoms with E-state index in [0.717, 1.165) is 31.2 Å². The third-order valence-electron chi connectivity index (χ3n) is 4.68. The quantitative estimate of drug-likeness (QED) is 0.784. The number of nitrogens with zero attached hydrogens (tertiary/aromatic N) is 1. The molecule has 0 aromatic heterocycles. The second kappa shape index (κ2) is 5.88. The number of hydrogen-bond acceptors (Lipinski definition) is 3. The molecule has 1 aromatic rings. The predicted octanol–water partition coefficient (Wildman–Crippen LogP) is 2.27. The van der Waals surface area contributed by atoms with Crippen molar-refractivity contribution in [2.24, 2.45) is 0 Å². The lowest BCUT2D eigenvalue weighted by atomic mass is 9.82. The highest BCUT2D eigenvalue weighted by Gasteiger charge is 2.39. The summed E-state index contributed by atoms with van der Waals surface area (Å²) in [5.74, 6) is -0.291. The molecule has 2 atom stereocenters. The van der Waals surface area contributed by atoms with Crippen LogP contribution in [0, 0.1) is 0 Å². The second-order valence-electron chi connectivity index (χ2n) is 5.86. The van der Waals surface area contributed by atoms with Gasteiger partial charge in [0, 0.05) is 6.54 Å². The van der Waals surface area contributed by atoms with Crippen LogP contribution in [-0.2, 0) is 20.7 Å². The van der Waals surface area contributed by atoms with E-state index >= 15 is 0 Å². The van der Waals surface area contributed by atoms with Gasteiger partial charge < -0.3 is 9.64 Å². The molecule has 112 valence electrons. The van der Waals surface area contributed by atoms with E-state index in [1.54, 1.807) is 4.90 Å². The zero-order valence-corrected chi connectivity index (χ0v) is 12.4. The average Bonchev–Trinajstić information content (AvgIpc) is 3.02. The Balaban J connectivity index is 1.84. The van der Waals surface area contributed by atoms with Crippen LogP contribution in [0.4, 0.5) is 0 Å². The maximum atomic E-state index is 12.9. The number of aryl methyl sites for hydroxylation is 1. The van der Waals surface area contributed by atoms with Crippen LogP contribution in [0.2, 0.25) is 0 Å². The number of amides is 1. The van der Waals surface area contributed by atoms with Crippen molar-refractivity contribution in [1.82, 2.24) is 4.90 Å². The largest absolute Gasteiger partial charge is 0.467 e. The zero-order chi connectivity index (χ0) is 14.8. The first-order chi connectivity index (χ1) is 10.2. The molecule has 0 radical (unpaired) electrons. The van der Waals surface area contributed by atoms with Gasteiger partial charge in [0.05, 0.1) is 13.0 Å². The number of carbonyl (C=O) groups is 2. The third kappa shape index (κ3) is 2.55. The Labute approximate surface area is 125 Å². The highest BCUT2D eigenvalue weighted by molar-refractivity contribution is 5.89. The Kier molecular flexibility index (Phi) is 3.95. The van der Waals surface area contributed by atoms with Crippen molar-refractivity contribution >= 4 is 11.9 Å². The number of ether oxygens (including phenoxy) is 1. The van der Waals surface area contributed by atoms with Crippen LogP contribution in [-0.4, -0.2) is 36.5 Å². The Bertz CT molecular complexity index is 555. The molecule has 0 N–H and O–H groups in total. The van der Waals surface area contributed by atoms with Gasteiger partial charge in [-0.3, -0.25) is 4.79 Å². The molecule has 3 rings (SSSR count). The van der Waals surface area contributed by atoms with Crippen molar-refractivity contribution in [1.29, 1.82) is 0 Å². The summed E-state index contributed by atoms with van der Waals surface area (Å²) in [7, 11) is 1.39. The van der Waals surface area contributed by atoms with Crippen molar-refractivity contribution in [2.75, 3.05) is 13.7 Å². The van der Waals surface area contributed by atoms with Gasteiger partial charge in [0.25, 0.3) is 0 Å². The molecule has 0 spiro atoms. The molecule has 2 unspecified atom stereocenters. The molecular formula is C17H21NO3. The molecule has 0 saturated carbocycles. The van der Waals surface area contributed by atoms with Crippen LogP contribution in [0.3, 0.4) is 0 Å². The minimum Gasteiger partial charge on any atom is -0.467 e. The van der Waals surface area contributed by atoms with Crippen LogP contribution in [0.15, 0.2) is 24.3 Å². The summed E-state index contributed by atoms with van der Waals surface area (Å²) in [6.45, 7) is 0.664. The van der Waals surface area contributed by atoms with Crippen LogP contribution < -0.4 is 0 Å². The van der Waals surface area contributed by atoms with Gasteiger partial charge in [0.1, 0.15) is 6.04 Å². The minimum atomic E-state index is -0.392. The van der Waals surface area contributed by atoms with Crippen LogP contribution >= 0.6 is 0 Å². The normalized spacial score (nSPS) is 24.5. The Morgan fingerprint density at radius 2 is 2.00 bits per heavy atom. The SMILES string of the molecule is COC(=O)C1CCCN1C(=O)C1CCCc2ccccc21. The van der Waals surface area contributed by atoms with Gasteiger partial charge >= 0.3 is 5.97 Å². The van der Waals surface area contributed by atoms with Gasteiger partial charge in [-0.1, -0.05) is 24.3 Å². The molecule has 1 heterocycles. The van der Waals surface area contributed by atoms with Crippen molar-refractivity contribution in [3.8, 4) is 0 Å². The molecule has 1 saturated heterocycles. The van der Waals surface area contributed by atoms with Crippen molar-refractivity contribution < 1.29 is 14.3 Å². The molecule has 4 nitrogen and oxygen atoms in total. The van der Waals surface area contributed by atoms with E-state index < -0.39 is 6.04 Å². The van der Waals surface area contributed by atoms with Gasteiger partial charge in [-0.15, -0.1) is 0 Å². The van der Waals surface area contributed by atoms with Gasteiger partial charge in [-0.05, 0) is 43.2 Å². The van der Waals surface area contributed by atoms with E-state index in [1.807, 2.05) is 12.1 Å². The van der Waals surface area contributed by atoms with E-state index in [1.165, 1.54) is 12.7 Å². The molecule has 1 aromatic carbocycles. The Morgan fingerprint density at radius 1 is 1.19 bits per heavy atom. The summed E-state index contributed by atoms with van der Waals surface area (Å²) < 4.78 is 4.84. The zero-order valence-electron chi connectivity index (χ0n) is 12.4. The maximum absolute atomic E-state index is 12.9. The number of benzene rings is 1. The van der Waals surface area contributed by atoms with Crippen molar-refractivity contribution in [3.05, 3.63) is 35.4 Å². The van der Waals surface area contributed by atoms with Crippen molar-refractivity contribution in [2.45, 2.75) is 44.1 Å². The second-order valence-corrected chi connectivity index (χ2v) is 5.86.